The molecule has 1 atom stereocenters. The van der Waals surface area contributed by atoms with Gasteiger partial charge >= 0.3 is 0 Å². The number of hydrogen-bond donors (Lipinski definition) is 0. The fourth-order valence-electron chi connectivity index (χ4n) is 3.18. The Balaban J connectivity index is 1.63. The SMILES string of the molecule is Cc1ccc(C)c(C(=O)CSc2nnc(C[C@@H]3CCS(=O)(=O)C3)n2C)c1. The smallest absolute Gasteiger partial charge is 0.191 e. The van der Waals surface area contributed by atoms with Crippen molar-refractivity contribution in [3.63, 3.8) is 0 Å². The van der Waals surface area contributed by atoms with E-state index in [0.29, 0.717) is 23.8 Å². The van der Waals surface area contributed by atoms with E-state index in [1.807, 2.05) is 43.7 Å². The molecule has 1 aliphatic heterocycles. The Morgan fingerprint density at radius 1 is 1.31 bits per heavy atom. The Bertz CT molecular complexity index is 935. The van der Waals surface area contributed by atoms with Gasteiger partial charge in [-0.15, -0.1) is 10.2 Å². The van der Waals surface area contributed by atoms with E-state index in [1.54, 1.807) is 0 Å². The summed E-state index contributed by atoms with van der Waals surface area (Å²) < 4.78 is 25.1. The highest BCUT2D eigenvalue weighted by Gasteiger charge is 2.29. The van der Waals surface area contributed by atoms with Crippen LogP contribution in [0.3, 0.4) is 0 Å². The molecular weight excluding hydrogens is 370 g/mol. The van der Waals surface area contributed by atoms with Crippen molar-refractivity contribution in [3.05, 3.63) is 40.7 Å². The maximum atomic E-state index is 12.5. The number of Topliss-reactive ketones (excluding diaryl/α,β-unsaturated/α-hetero) is 1. The van der Waals surface area contributed by atoms with Crippen molar-refractivity contribution in [2.24, 2.45) is 13.0 Å². The Labute approximate surface area is 158 Å². The molecule has 0 bridgehead atoms. The molecule has 0 aliphatic carbocycles. The molecular formula is C18H23N3O3S2. The van der Waals surface area contributed by atoms with E-state index in [-0.39, 0.29) is 23.2 Å². The van der Waals surface area contributed by atoms with Crippen molar-refractivity contribution in [1.82, 2.24) is 14.8 Å². The number of carbonyl (C=O) groups excluding carboxylic acids is 1. The molecule has 3 rings (SSSR count). The van der Waals surface area contributed by atoms with Gasteiger partial charge in [-0.05, 0) is 37.8 Å². The number of benzene rings is 1. The molecule has 0 N–H and O–H groups in total. The molecule has 0 radical (unpaired) electrons. The van der Waals surface area contributed by atoms with Crippen LogP contribution in [0.1, 0.15) is 33.7 Å². The van der Waals surface area contributed by atoms with E-state index in [9.17, 15) is 13.2 Å². The molecule has 6 nitrogen and oxygen atoms in total. The minimum absolute atomic E-state index is 0.0719. The van der Waals surface area contributed by atoms with Crippen LogP contribution in [0.5, 0.6) is 0 Å². The quantitative estimate of drug-likeness (QED) is 0.554. The molecule has 26 heavy (non-hydrogen) atoms. The standard InChI is InChI=1S/C18H23N3O3S2/c1-12-4-5-13(2)15(8-12)16(22)10-25-18-20-19-17(21(18)3)9-14-6-7-26(23,24)11-14/h4-5,8,14H,6-7,9-11H2,1-3H3/t14-/m0/s1. The number of hydrogen-bond acceptors (Lipinski definition) is 6. The fourth-order valence-corrected chi connectivity index (χ4v) is 5.86. The van der Waals surface area contributed by atoms with Crippen LogP contribution in [-0.4, -0.2) is 46.2 Å². The lowest BCUT2D eigenvalue weighted by molar-refractivity contribution is 0.102. The Hall–Kier alpha value is -1.67. The molecule has 2 aromatic rings. The number of nitrogens with zero attached hydrogens (tertiary/aromatic N) is 3. The summed E-state index contributed by atoms with van der Waals surface area (Å²) in [6, 6.07) is 5.88. The molecule has 1 aromatic carbocycles. The van der Waals surface area contributed by atoms with Crippen molar-refractivity contribution in [2.45, 2.75) is 31.8 Å². The zero-order valence-electron chi connectivity index (χ0n) is 15.2. The van der Waals surface area contributed by atoms with Gasteiger partial charge in [0.25, 0.3) is 0 Å². The number of rotatable bonds is 6. The average molecular weight is 394 g/mol. The Kier molecular flexibility index (Phi) is 5.53. The molecule has 140 valence electrons. The lowest BCUT2D eigenvalue weighted by atomic mass is 10.0. The van der Waals surface area contributed by atoms with Gasteiger partial charge in [0.2, 0.25) is 0 Å². The largest absolute Gasteiger partial charge is 0.309 e. The van der Waals surface area contributed by atoms with Crippen LogP contribution in [0.15, 0.2) is 23.4 Å². The number of thioether (sulfide) groups is 1. The summed E-state index contributed by atoms with van der Waals surface area (Å²) in [5.74, 6) is 1.75. The Morgan fingerprint density at radius 2 is 2.08 bits per heavy atom. The summed E-state index contributed by atoms with van der Waals surface area (Å²) in [7, 11) is -1.02. The van der Waals surface area contributed by atoms with Crippen LogP contribution in [0.25, 0.3) is 0 Å². The van der Waals surface area contributed by atoms with Crippen LogP contribution < -0.4 is 0 Å². The number of aromatic nitrogens is 3. The molecule has 0 spiro atoms. The minimum Gasteiger partial charge on any atom is -0.309 e. The van der Waals surface area contributed by atoms with Crippen molar-refractivity contribution in [2.75, 3.05) is 17.3 Å². The molecule has 0 unspecified atom stereocenters. The Morgan fingerprint density at radius 3 is 2.77 bits per heavy atom. The van der Waals surface area contributed by atoms with E-state index in [0.717, 1.165) is 22.5 Å². The third kappa shape index (κ3) is 4.35. The van der Waals surface area contributed by atoms with Crippen molar-refractivity contribution < 1.29 is 13.2 Å². The van der Waals surface area contributed by atoms with Gasteiger partial charge in [-0.1, -0.05) is 29.5 Å². The highest BCUT2D eigenvalue weighted by molar-refractivity contribution is 7.99. The summed E-state index contributed by atoms with van der Waals surface area (Å²) in [5, 5.41) is 9.05. The van der Waals surface area contributed by atoms with Crippen molar-refractivity contribution in [1.29, 1.82) is 0 Å². The number of aryl methyl sites for hydroxylation is 2. The predicted octanol–water partition coefficient (Wildman–Crippen LogP) is 2.38. The summed E-state index contributed by atoms with van der Waals surface area (Å²) in [4.78, 5) is 12.5. The second kappa shape index (κ2) is 7.52. The van der Waals surface area contributed by atoms with Gasteiger partial charge in [-0.3, -0.25) is 4.79 Å². The number of ketones is 1. The predicted molar refractivity (Wildman–Crippen MR) is 102 cm³/mol. The van der Waals surface area contributed by atoms with Crippen LogP contribution in [0.2, 0.25) is 0 Å². The molecule has 0 amide bonds. The number of sulfone groups is 1. The third-order valence-electron chi connectivity index (χ3n) is 4.75. The lowest BCUT2D eigenvalue weighted by Gasteiger charge is -2.08. The molecule has 0 saturated carbocycles. The summed E-state index contributed by atoms with van der Waals surface area (Å²) >= 11 is 1.36. The maximum Gasteiger partial charge on any atom is 0.191 e. The van der Waals surface area contributed by atoms with Crippen molar-refractivity contribution >= 4 is 27.4 Å². The van der Waals surface area contributed by atoms with E-state index in [4.69, 9.17) is 0 Å². The maximum absolute atomic E-state index is 12.5. The van der Waals surface area contributed by atoms with Gasteiger partial charge in [0.05, 0.1) is 17.3 Å². The van der Waals surface area contributed by atoms with Gasteiger partial charge < -0.3 is 4.57 Å². The highest BCUT2D eigenvalue weighted by atomic mass is 32.2. The van der Waals surface area contributed by atoms with E-state index < -0.39 is 9.84 Å². The summed E-state index contributed by atoms with van der Waals surface area (Å²) in [5.41, 5.74) is 2.79. The summed E-state index contributed by atoms with van der Waals surface area (Å²) in [6.45, 7) is 3.91. The molecule has 2 heterocycles. The monoisotopic (exact) mass is 393 g/mol. The van der Waals surface area contributed by atoms with E-state index in [1.165, 1.54) is 11.8 Å². The normalized spacial score (nSPS) is 19.0. The number of carbonyl (C=O) groups is 1. The highest BCUT2D eigenvalue weighted by Crippen LogP contribution is 2.24. The second-order valence-electron chi connectivity index (χ2n) is 6.96. The first kappa shape index (κ1) is 19.1. The molecule has 1 aliphatic rings. The van der Waals surface area contributed by atoms with Crippen molar-refractivity contribution in [3.8, 4) is 0 Å². The van der Waals surface area contributed by atoms with Gasteiger partial charge in [-0.25, -0.2) is 8.42 Å². The topological polar surface area (TPSA) is 81.9 Å². The first-order chi connectivity index (χ1) is 12.2. The molecule has 1 aromatic heterocycles. The fraction of sp³-hybridized carbons (Fsp3) is 0.500. The molecule has 1 fully saturated rings. The van der Waals surface area contributed by atoms with Crippen LogP contribution in [0.4, 0.5) is 0 Å². The first-order valence-corrected chi connectivity index (χ1v) is 11.4. The van der Waals surface area contributed by atoms with Gasteiger partial charge in [0.1, 0.15) is 5.82 Å². The first-order valence-electron chi connectivity index (χ1n) is 8.57. The van der Waals surface area contributed by atoms with Crippen LogP contribution in [-0.2, 0) is 23.3 Å². The van der Waals surface area contributed by atoms with Gasteiger partial charge in [-0.2, -0.15) is 0 Å². The lowest BCUT2D eigenvalue weighted by Crippen LogP contribution is -2.11. The zero-order valence-corrected chi connectivity index (χ0v) is 16.9. The van der Waals surface area contributed by atoms with Gasteiger partial charge in [0, 0.05) is 19.0 Å². The zero-order chi connectivity index (χ0) is 18.9. The van der Waals surface area contributed by atoms with E-state index >= 15 is 0 Å². The van der Waals surface area contributed by atoms with Crippen LogP contribution >= 0.6 is 11.8 Å². The average Bonchev–Trinajstić information content (AvgIpc) is 3.10. The molecule has 8 heteroatoms. The third-order valence-corrected chi connectivity index (χ3v) is 7.61. The second-order valence-corrected chi connectivity index (χ2v) is 10.1. The minimum atomic E-state index is -2.89. The van der Waals surface area contributed by atoms with Gasteiger partial charge in [0.15, 0.2) is 20.8 Å². The molecule has 1 saturated heterocycles. The van der Waals surface area contributed by atoms with Crippen LogP contribution in [0, 0.1) is 19.8 Å². The summed E-state index contributed by atoms with van der Waals surface area (Å²) in [6.07, 6.45) is 1.29. The van der Waals surface area contributed by atoms with E-state index in [2.05, 4.69) is 10.2 Å².